The van der Waals surface area contributed by atoms with Crippen molar-refractivity contribution in [2.75, 3.05) is 19.8 Å². The summed E-state index contributed by atoms with van der Waals surface area (Å²) in [6, 6.07) is 4.66. The maximum Gasteiger partial charge on any atom is 0.124 e. The first-order valence-electron chi connectivity index (χ1n) is 5.28. The van der Waals surface area contributed by atoms with Crippen molar-refractivity contribution in [3.8, 4) is 0 Å². The topological polar surface area (TPSA) is 29.5 Å². The maximum atomic E-state index is 12.9. The molecule has 0 bridgehead atoms. The second-order valence-corrected chi connectivity index (χ2v) is 5.23. The van der Waals surface area contributed by atoms with Crippen LogP contribution in [0.2, 0.25) is 0 Å². The Labute approximate surface area is 103 Å². The highest BCUT2D eigenvalue weighted by atomic mass is 79.9. The molecular weight excluding hydrogens is 275 g/mol. The van der Waals surface area contributed by atoms with Crippen molar-refractivity contribution in [3.63, 3.8) is 0 Å². The molecule has 0 aliphatic carbocycles. The third-order valence-electron chi connectivity index (χ3n) is 3.10. The fourth-order valence-corrected chi connectivity index (χ4v) is 2.53. The zero-order valence-corrected chi connectivity index (χ0v) is 10.5. The zero-order valence-electron chi connectivity index (χ0n) is 8.88. The van der Waals surface area contributed by atoms with Gasteiger partial charge in [0.2, 0.25) is 0 Å². The van der Waals surface area contributed by atoms with Gasteiger partial charge in [0.15, 0.2) is 0 Å². The number of halogens is 2. The molecule has 1 aromatic rings. The fraction of sp³-hybridized carbons (Fsp3) is 0.500. The second kappa shape index (κ2) is 4.82. The summed E-state index contributed by atoms with van der Waals surface area (Å²) in [4.78, 5) is 0. The minimum Gasteiger partial charge on any atom is -0.396 e. The summed E-state index contributed by atoms with van der Waals surface area (Å²) < 4.78 is 19.0. The Hall–Kier alpha value is -0.450. The lowest BCUT2D eigenvalue weighted by Crippen LogP contribution is -2.28. The summed E-state index contributed by atoms with van der Waals surface area (Å²) in [5.74, 6) is -0.253. The van der Waals surface area contributed by atoms with Crippen LogP contribution in [-0.4, -0.2) is 24.9 Å². The Bertz CT molecular complexity index is 375. The molecule has 1 N–H and O–H groups in total. The summed E-state index contributed by atoms with van der Waals surface area (Å²) in [6.45, 7) is 1.38. The molecule has 1 aromatic carbocycles. The average molecular weight is 289 g/mol. The van der Waals surface area contributed by atoms with Crippen LogP contribution >= 0.6 is 15.9 Å². The van der Waals surface area contributed by atoms with Gasteiger partial charge in [-0.15, -0.1) is 0 Å². The molecule has 16 heavy (non-hydrogen) atoms. The van der Waals surface area contributed by atoms with E-state index >= 15 is 0 Å². The van der Waals surface area contributed by atoms with Crippen LogP contribution < -0.4 is 0 Å². The van der Waals surface area contributed by atoms with Crippen LogP contribution in [0.25, 0.3) is 0 Å². The van der Waals surface area contributed by atoms with E-state index in [9.17, 15) is 9.50 Å². The Balaban J connectivity index is 2.19. The van der Waals surface area contributed by atoms with Gasteiger partial charge >= 0.3 is 0 Å². The van der Waals surface area contributed by atoms with Gasteiger partial charge in [0.25, 0.3) is 0 Å². The van der Waals surface area contributed by atoms with Crippen LogP contribution in [0.15, 0.2) is 22.7 Å². The van der Waals surface area contributed by atoms with Crippen molar-refractivity contribution in [3.05, 3.63) is 34.1 Å². The predicted octanol–water partition coefficient (Wildman–Crippen LogP) is 2.53. The molecule has 1 saturated heterocycles. The lowest BCUT2D eigenvalue weighted by molar-refractivity contribution is 0.0934. The molecule has 0 aromatic heterocycles. The second-order valence-electron chi connectivity index (χ2n) is 4.37. The van der Waals surface area contributed by atoms with E-state index in [1.54, 1.807) is 6.07 Å². The van der Waals surface area contributed by atoms with E-state index in [2.05, 4.69) is 15.9 Å². The van der Waals surface area contributed by atoms with Crippen LogP contribution in [0, 0.1) is 11.2 Å². The van der Waals surface area contributed by atoms with Crippen molar-refractivity contribution >= 4 is 15.9 Å². The number of rotatable bonds is 3. The average Bonchev–Trinajstić information content (AvgIpc) is 2.72. The largest absolute Gasteiger partial charge is 0.396 e. The Morgan fingerprint density at radius 2 is 2.31 bits per heavy atom. The van der Waals surface area contributed by atoms with E-state index in [0.717, 1.165) is 16.5 Å². The van der Waals surface area contributed by atoms with Crippen LogP contribution in [-0.2, 0) is 11.2 Å². The molecule has 1 heterocycles. The van der Waals surface area contributed by atoms with Gasteiger partial charge < -0.3 is 9.84 Å². The van der Waals surface area contributed by atoms with Crippen molar-refractivity contribution in [2.45, 2.75) is 12.8 Å². The first-order chi connectivity index (χ1) is 7.65. The highest BCUT2D eigenvalue weighted by Crippen LogP contribution is 2.34. The molecular formula is C12H14BrFO2. The first-order valence-corrected chi connectivity index (χ1v) is 6.07. The van der Waals surface area contributed by atoms with Crippen molar-refractivity contribution in [1.29, 1.82) is 0 Å². The van der Waals surface area contributed by atoms with Crippen LogP contribution in [0.4, 0.5) is 4.39 Å². The lowest BCUT2D eigenvalue weighted by Gasteiger charge is -2.25. The van der Waals surface area contributed by atoms with Gasteiger partial charge in [0.05, 0.1) is 13.2 Å². The van der Waals surface area contributed by atoms with Gasteiger partial charge in [0.1, 0.15) is 5.82 Å². The summed E-state index contributed by atoms with van der Waals surface area (Å²) in [5.41, 5.74) is 0.821. The molecule has 1 aliphatic heterocycles. The third-order valence-corrected chi connectivity index (χ3v) is 3.84. The molecule has 2 rings (SSSR count). The van der Waals surface area contributed by atoms with Gasteiger partial charge in [0, 0.05) is 16.5 Å². The van der Waals surface area contributed by atoms with Gasteiger partial charge in [-0.05, 0) is 30.5 Å². The molecule has 1 atom stereocenters. The monoisotopic (exact) mass is 288 g/mol. The van der Waals surface area contributed by atoms with Crippen molar-refractivity contribution in [1.82, 2.24) is 0 Å². The predicted molar refractivity (Wildman–Crippen MR) is 62.8 cm³/mol. The molecule has 0 radical (unpaired) electrons. The van der Waals surface area contributed by atoms with Gasteiger partial charge in [-0.25, -0.2) is 4.39 Å². The minimum atomic E-state index is -0.253. The number of benzene rings is 1. The van der Waals surface area contributed by atoms with E-state index in [1.807, 2.05) is 0 Å². The third kappa shape index (κ3) is 2.44. The van der Waals surface area contributed by atoms with Crippen LogP contribution in [0.1, 0.15) is 12.0 Å². The molecule has 1 fully saturated rings. The highest BCUT2D eigenvalue weighted by molar-refractivity contribution is 9.10. The first kappa shape index (κ1) is 12.0. The van der Waals surface area contributed by atoms with E-state index < -0.39 is 0 Å². The molecule has 4 heteroatoms. The van der Waals surface area contributed by atoms with Crippen LogP contribution in [0.3, 0.4) is 0 Å². The number of ether oxygens (including phenoxy) is 1. The van der Waals surface area contributed by atoms with Gasteiger partial charge in [-0.2, -0.15) is 0 Å². The maximum absolute atomic E-state index is 12.9. The molecule has 1 unspecified atom stereocenters. The Morgan fingerprint density at radius 1 is 1.50 bits per heavy atom. The smallest absolute Gasteiger partial charge is 0.124 e. The van der Waals surface area contributed by atoms with Crippen molar-refractivity contribution in [2.24, 2.45) is 5.41 Å². The SMILES string of the molecule is OCC1(Cc2ccc(F)cc2Br)CCOC1. The molecule has 0 amide bonds. The number of hydrogen-bond acceptors (Lipinski definition) is 2. The molecule has 2 nitrogen and oxygen atoms in total. The van der Waals surface area contributed by atoms with Crippen molar-refractivity contribution < 1.29 is 14.2 Å². The van der Waals surface area contributed by atoms with E-state index in [-0.39, 0.29) is 17.8 Å². The van der Waals surface area contributed by atoms with E-state index in [1.165, 1.54) is 12.1 Å². The standard InChI is InChI=1S/C12H14BrFO2/c13-11-5-10(14)2-1-9(11)6-12(7-15)3-4-16-8-12/h1-2,5,15H,3-4,6-8H2. The quantitative estimate of drug-likeness (QED) is 0.926. The molecule has 1 aliphatic rings. The summed E-state index contributed by atoms with van der Waals surface area (Å²) in [5, 5.41) is 9.45. The summed E-state index contributed by atoms with van der Waals surface area (Å²) in [6.07, 6.45) is 1.57. The number of aliphatic hydroxyl groups is 1. The Kier molecular flexibility index (Phi) is 3.62. The zero-order chi connectivity index (χ0) is 11.6. The normalized spacial score (nSPS) is 24.9. The van der Waals surface area contributed by atoms with Gasteiger partial charge in [-0.3, -0.25) is 0 Å². The van der Waals surface area contributed by atoms with Gasteiger partial charge in [-0.1, -0.05) is 22.0 Å². The molecule has 0 saturated carbocycles. The molecule has 0 spiro atoms. The van der Waals surface area contributed by atoms with E-state index in [4.69, 9.17) is 4.74 Å². The fourth-order valence-electron chi connectivity index (χ4n) is 2.04. The van der Waals surface area contributed by atoms with E-state index in [0.29, 0.717) is 19.6 Å². The Morgan fingerprint density at radius 3 is 2.88 bits per heavy atom. The van der Waals surface area contributed by atoms with Crippen LogP contribution in [0.5, 0.6) is 0 Å². The summed E-state index contributed by atoms with van der Waals surface area (Å²) >= 11 is 3.35. The molecule has 88 valence electrons. The number of hydrogen-bond donors (Lipinski definition) is 1. The highest BCUT2D eigenvalue weighted by Gasteiger charge is 2.34. The minimum absolute atomic E-state index is 0.108. The lowest BCUT2D eigenvalue weighted by atomic mass is 9.82. The number of aliphatic hydroxyl groups excluding tert-OH is 1. The summed E-state index contributed by atoms with van der Waals surface area (Å²) in [7, 11) is 0.